The molecule has 6 rings (SSSR count). The number of ether oxygens (including phenoxy) is 2. The lowest BCUT2D eigenvalue weighted by molar-refractivity contribution is -0.117. The molecule has 202 valence electrons. The van der Waals surface area contributed by atoms with Gasteiger partial charge in [0.1, 0.15) is 16.9 Å². The highest BCUT2D eigenvalue weighted by Crippen LogP contribution is 2.42. The SMILES string of the molecule is COC(=O)c1cc(F)c2c(c1)nc(-c1cc3ccc4c(c3n1CC1CC1)CC(=O)N4C(=O)OC(C)(C)C)n2C. The Bertz CT molecular complexity index is 1710. The highest BCUT2D eigenvalue weighted by molar-refractivity contribution is 6.19. The van der Waals surface area contributed by atoms with Crippen molar-refractivity contribution in [3.8, 4) is 11.5 Å². The number of fused-ring (bicyclic) bond motifs is 4. The van der Waals surface area contributed by atoms with Gasteiger partial charge in [0.2, 0.25) is 5.91 Å². The number of halogens is 1. The highest BCUT2D eigenvalue weighted by Gasteiger charge is 2.38. The van der Waals surface area contributed by atoms with Gasteiger partial charge in [0.05, 0.1) is 41.5 Å². The monoisotopic (exact) mass is 532 g/mol. The summed E-state index contributed by atoms with van der Waals surface area (Å²) < 4.78 is 29.3. The minimum absolute atomic E-state index is 0.0691. The van der Waals surface area contributed by atoms with Crippen LogP contribution in [0.15, 0.2) is 30.3 Å². The number of imide groups is 1. The van der Waals surface area contributed by atoms with Crippen molar-refractivity contribution in [2.45, 2.75) is 52.2 Å². The third-order valence-electron chi connectivity index (χ3n) is 7.25. The predicted molar refractivity (Wildman–Crippen MR) is 143 cm³/mol. The van der Waals surface area contributed by atoms with E-state index in [4.69, 9.17) is 14.5 Å². The number of hydrogen-bond acceptors (Lipinski definition) is 6. The van der Waals surface area contributed by atoms with Gasteiger partial charge in [-0.25, -0.2) is 23.9 Å². The quantitative estimate of drug-likeness (QED) is 0.329. The maximum atomic E-state index is 15.2. The van der Waals surface area contributed by atoms with Crippen molar-refractivity contribution in [2.24, 2.45) is 13.0 Å². The fourth-order valence-electron chi connectivity index (χ4n) is 5.38. The molecule has 2 aromatic heterocycles. The summed E-state index contributed by atoms with van der Waals surface area (Å²) in [5.74, 6) is -0.539. The lowest BCUT2D eigenvalue weighted by atomic mass is 10.1. The summed E-state index contributed by atoms with van der Waals surface area (Å²) in [7, 11) is 2.99. The number of rotatable bonds is 4. The molecule has 9 nitrogen and oxygen atoms in total. The molecule has 2 amide bonds. The Labute approximate surface area is 224 Å². The normalized spacial score (nSPS) is 15.3. The van der Waals surface area contributed by atoms with E-state index in [1.54, 1.807) is 38.5 Å². The van der Waals surface area contributed by atoms with E-state index in [0.29, 0.717) is 29.5 Å². The smallest absolute Gasteiger partial charge is 0.421 e. The number of carbonyl (C=O) groups is 3. The van der Waals surface area contributed by atoms with Crippen molar-refractivity contribution >= 4 is 45.6 Å². The lowest BCUT2D eigenvalue weighted by Gasteiger charge is -2.23. The van der Waals surface area contributed by atoms with E-state index in [2.05, 4.69) is 4.57 Å². The van der Waals surface area contributed by atoms with Crippen LogP contribution in [0.2, 0.25) is 0 Å². The van der Waals surface area contributed by atoms with E-state index in [9.17, 15) is 14.4 Å². The van der Waals surface area contributed by atoms with Gasteiger partial charge in [-0.3, -0.25) is 4.79 Å². The van der Waals surface area contributed by atoms with Crippen molar-refractivity contribution in [1.29, 1.82) is 0 Å². The first-order valence-corrected chi connectivity index (χ1v) is 12.9. The van der Waals surface area contributed by atoms with Crippen LogP contribution < -0.4 is 4.90 Å². The van der Waals surface area contributed by atoms with Crippen molar-refractivity contribution in [2.75, 3.05) is 12.0 Å². The van der Waals surface area contributed by atoms with Gasteiger partial charge >= 0.3 is 12.1 Å². The predicted octanol–water partition coefficient (Wildman–Crippen LogP) is 5.35. The van der Waals surface area contributed by atoms with Crippen LogP contribution >= 0.6 is 0 Å². The Morgan fingerprint density at radius 1 is 1.13 bits per heavy atom. The first-order chi connectivity index (χ1) is 18.5. The summed E-state index contributed by atoms with van der Waals surface area (Å²) in [6.45, 7) is 5.98. The average molecular weight is 533 g/mol. The molecule has 0 bridgehead atoms. The number of esters is 1. The van der Waals surface area contributed by atoms with E-state index >= 15 is 4.39 Å². The molecular weight excluding hydrogens is 503 g/mol. The molecule has 4 aromatic rings. The molecule has 3 heterocycles. The van der Waals surface area contributed by atoms with Crippen LogP contribution in [0, 0.1) is 11.7 Å². The maximum absolute atomic E-state index is 15.2. The molecule has 10 heteroatoms. The molecule has 0 saturated heterocycles. The van der Waals surface area contributed by atoms with Crippen LogP contribution in [-0.2, 0) is 34.3 Å². The number of methoxy groups -OCH3 is 1. The van der Waals surface area contributed by atoms with Crippen LogP contribution in [0.5, 0.6) is 0 Å². The number of amides is 2. The Morgan fingerprint density at radius 3 is 2.54 bits per heavy atom. The Morgan fingerprint density at radius 2 is 1.87 bits per heavy atom. The topological polar surface area (TPSA) is 95.7 Å². The maximum Gasteiger partial charge on any atom is 0.421 e. The minimum Gasteiger partial charge on any atom is -0.465 e. The summed E-state index contributed by atoms with van der Waals surface area (Å²) in [5.41, 5.74) is 2.86. The zero-order valence-corrected chi connectivity index (χ0v) is 22.5. The summed E-state index contributed by atoms with van der Waals surface area (Å²) in [6, 6.07) is 8.32. The number of anilines is 1. The second-order valence-electron chi connectivity index (χ2n) is 11.3. The van der Waals surface area contributed by atoms with Crippen molar-refractivity contribution in [3.05, 3.63) is 47.3 Å². The standard InChI is InChI=1S/C29H29FN4O5/c1-29(2,3)39-28(37)34-21-9-8-16-12-22(33(14-15-6-7-15)24(16)18(21)13-23(34)35)26-31-20-11-17(27(36)38-5)10-19(30)25(20)32(26)4/h8-12,15H,6-7,13-14H2,1-5H3. The first kappa shape index (κ1) is 25.1. The van der Waals surface area contributed by atoms with Gasteiger partial charge in [0, 0.05) is 24.5 Å². The van der Waals surface area contributed by atoms with E-state index in [0.717, 1.165) is 46.0 Å². The molecule has 39 heavy (non-hydrogen) atoms. The van der Waals surface area contributed by atoms with Gasteiger partial charge in [0.25, 0.3) is 0 Å². The Balaban J connectivity index is 1.54. The fourth-order valence-corrected chi connectivity index (χ4v) is 5.38. The molecule has 0 radical (unpaired) electrons. The van der Waals surface area contributed by atoms with Crippen LogP contribution in [0.4, 0.5) is 14.9 Å². The van der Waals surface area contributed by atoms with Crippen molar-refractivity contribution in [3.63, 3.8) is 0 Å². The summed E-state index contributed by atoms with van der Waals surface area (Å²) >= 11 is 0. The van der Waals surface area contributed by atoms with Gasteiger partial charge in [-0.15, -0.1) is 0 Å². The molecule has 2 aromatic carbocycles. The van der Waals surface area contributed by atoms with Crippen molar-refractivity contribution in [1.82, 2.24) is 14.1 Å². The summed E-state index contributed by atoms with van der Waals surface area (Å²) in [5, 5.41) is 0.894. The average Bonchev–Trinajstić information content (AvgIpc) is 3.38. The molecule has 0 atom stereocenters. The zero-order chi connectivity index (χ0) is 27.8. The second kappa shape index (κ2) is 8.65. The van der Waals surface area contributed by atoms with Gasteiger partial charge < -0.3 is 18.6 Å². The fraction of sp³-hybridized carbons (Fsp3) is 0.379. The third kappa shape index (κ3) is 4.14. The molecule has 0 unspecified atom stereocenters. The molecule has 0 spiro atoms. The molecule has 1 saturated carbocycles. The molecule has 2 aliphatic rings. The number of nitrogens with zero attached hydrogens (tertiary/aromatic N) is 4. The highest BCUT2D eigenvalue weighted by atomic mass is 19.1. The van der Waals surface area contributed by atoms with Crippen LogP contribution in [-0.4, -0.2) is 44.8 Å². The largest absolute Gasteiger partial charge is 0.465 e. The lowest BCUT2D eigenvalue weighted by Crippen LogP contribution is -2.38. The van der Waals surface area contributed by atoms with E-state index in [-0.39, 0.29) is 23.4 Å². The van der Waals surface area contributed by atoms with Gasteiger partial charge in [-0.2, -0.15) is 0 Å². The number of hydrogen-bond donors (Lipinski definition) is 0. The van der Waals surface area contributed by atoms with E-state index in [1.165, 1.54) is 13.2 Å². The number of carbonyl (C=O) groups excluding carboxylic acids is 3. The van der Waals surface area contributed by atoms with Crippen LogP contribution in [0.3, 0.4) is 0 Å². The van der Waals surface area contributed by atoms with Crippen LogP contribution in [0.1, 0.15) is 49.5 Å². The molecule has 1 aliphatic heterocycles. The molecule has 1 aliphatic carbocycles. The number of benzene rings is 2. The second-order valence-corrected chi connectivity index (χ2v) is 11.3. The molecule has 1 fully saturated rings. The Hall–Kier alpha value is -4.21. The number of aromatic nitrogens is 3. The minimum atomic E-state index is -0.743. The molecule has 0 N–H and O–H groups in total. The number of aryl methyl sites for hydroxylation is 1. The number of imidazole rings is 1. The Kier molecular flexibility index (Phi) is 5.57. The zero-order valence-electron chi connectivity index (χ0n) is 22.5. The van der Waals surface area contributed by atoms with Crippen LogP contribution in [0.25, 0.3) is 33.5 Å². The third-order valence-corrected chi connectivity index (χ3v) is 7.25. The van der Waals surface area contributed by atoms with E-state index in [1.807, 2.05) is 12.1 Å². The van der Waals surface area contributed by atoms with E-state index < -0.39 is 23.5 Å². The van der Waals surface area contributed by atoms with Crippen molar-refractivity contribution < 1.29 is 28.2 Å². The van der Waals surface area contributed by atoms with Gasteiger partial charge in [0.15, 0.2) is 5.82 Å². The van der Waals surface area contributed by atoms with Gasteiger partial charge in [-0.05, 0) is 63.8 Å². The van der Waals surface area contributed by atoms with Gasteiger partial charge in [-0.1, -0.05) is 6.07 Å². The first-order valence-electron chi connectivity index (χ1n) is 12.9. The summed E-state index contributed by atoms with van der Waals surface area (Å²) in [4.78, 5) is 43.9. The summed E-state index contributed by atoms with van der Waals surface area (Å²) in [6.07, 6.45) is 1.56. The molecular formula is C29H29FN4O5.